The Labute approximate surface area is 140 Å². The zero-order valence-corrected chi connectivity index (χ0v) is 13.3. The van der Waals surface area contributed by atoms with Crippen LogP contribution in [0.4, 0.5) is 23.2 Å². The predicted octanol–water partition coefficient (Wildman–Crippen LogP) is 2.56. The quantitative estimate of drug-likeness (QED) is 0.454. The average Bonchev–Trinajstić information content (AvgIpc) is 2.46. The van der Waals surface area contributed by atoms with Gasteiger partial charge in [-0.25, -0.2) is 13.8 Å². The molecule has 1 aromatic heterocycles. The van der Waals surface area contributed by atoms with Crippen LogP contribution in [0.5, 0.6) is 0 Å². The number of hydrogen-bond donors (Lipinski definition) is 0. The van der Waals surface area contributed by atoms with E-state index in [0.29, 0.717) is 13.1 Å². The van der Waals surface area contributed by atoms with Crippen molar-refractivity contribution in [1.29, 1.82) is 0 Å². The van der Waals surface area contributed by atoms with E-state index in [1.807, 2.05) is 0 Å². The molecule has 1 aromatic carbocycles. The fourth-order valence-corrected chi connectivity index (χ4v) is 2.42. The van der Waals surface area contributed by atoms with Gasteiger partial charge < -0.3 is 0 Å². The molecule has 0 bridgehead atoms. The Hall–Kier alpha value is -2.69. The fraction of sp³-hybridized carbons (Fsp3) is 0.231. The summed E-state index contributed by atoms with van der Waals surface area (Å²) in [5.74, 6) is -1.40. The van der Waals surface area contributed by atoms with E-state index >= 15 is 0 Å². The van der Waals surface area contributed by atoms with Gasteiger partial charge in [0.25, 0.3) is 5.56 Å². The monoisotopic (exact) mass is 381 g/mol. The highest BCUT2D eigenvalue weighted by molar-refractivity contribution is 6.31. The zero-order valence-electron chi connectivity index (χ0n) is 12.5. The van der Waals surface area contributed by atoms with Crippen molar-refractivity contribution >= 4 is 17.3 Å². The van der Waals surface area contributed by atoms with E-state index in [1.165, 1.54) is 0 Å². The lowest BCUT2D eigenvalue weighted by atomic mass is 10.1. The van der Waals surface area contributed by atoms with Gasteiger partial charge in [-0.3, -0.25) is 19.5 Å². The Balaban J connectivity index is 3.03. The molecule has 7 nitrogen and oxygen atoms in total. The molecule has 0 amide bonds. The summed E-state index contributed by atoms with van der Waals surface area (Å²) in [7, 11) is 0.702. The van der Waals surface area contributed by atoms with Crippen molar-refractivity contribution in [3.63, 3.8) is 0 Å². The standard InChI is InChI=1S/C13H8ClF4N3O4/c1-5-6(14)3-7(15)11(10(5)21(24)25)20-9(22)4-8(13(16,17)18)19(2)12(20)23/h3-4H,1-2H3. The van der Waals surface area contributed by atoms with Crippen molar-refractivity contribution in [2.45, 2.75) is 13.1 Å². The molecule has 0 aliphatic rings. The van der Waals surface area contributed by atoms with Crippen molar-refractivity contribution < 1.29 is 22.5 Å². The first-order valence-corrected chi connectivity index (χ1v) is 6.79. The Bertz CT molecular complexity index is 1010. The summed E-state index contributed by atoms with van der Waals surface area (Å²) < 4.78 is 52.8. The number of nitrogens with zero attached hydrogens (tertiary/aromatic N) is 3. The number of rotatable bonds is 2. The molecule has 0 atom stereocenters. The van der Waals surface area contributed by atoms with E-state index in [-0.39, 0.29) is 25.8 Å². The first-order valence-electron chi connectivity index (χ1n) is 6.41. The van der Waals surface area contributed by atoms with Crippen LogP contribution in [0.15, 0.2) is 21.7 Å². The van der Waals surface area contributed by atoms with Crippen molar-refractivity contribution in [1.82, 2.24) is 9.13 Å². The molecule has 0 aliphatic carbocycles. The second-order valence-corrected chi connectivity index (χ2v) is 5.37. The smallest absolute Gasteiger partial charge is 0.292 e. The van der Waals surface area contributed by atoms with Gasteiger partial charge in [0.05, 0.1) is 9.95 Å². The van der Waals surface area contributed by atoms with Crippen LogP contribution in [-0.2, 0) is 13.2 Å². The summed E-state index contributed by atoms with van der Waals surface area (Å²) in [6.45, 7) is 1.14. The van der Waals surface area contributed by atoms with Gasteiger partial charge in [-0.05, 0) is 13.0 Å². The zero-order chi connectivity index (χ0) is 19.3. The van der Waals surface area contributed by atoms with Crippen LogP contribution in [0.1, 0.15) is 11.3 Å². The highest BCUT2D eigenvalue weighted by Crippen LogP contribution is 2.34. The number of hydrogen-bond acceptors (Lipinski definition) is 4. The molecule has 0 fully saturated rings. The lowest BCUT2D eigenvalue weighted by molar-refractivity contribution is -0.385. The van der Waals surface area contributed by atoms with E-state index in [4.69, 9.17) is 11.6 Å². The van der Waals surface area contributed by atoms with Crippen molar-refractivity contribution in [3.05, 3.63) is 65.2 Å². The van der Waals surface area contributed by atoms with Crippen LogP contribution in [0, 0.1) is 22.9 Å². The third-order valence-electron chi connectivity index (χ3n) is 3.43. The Morgan fingerprint density at radius 1 is 1.24 bits per heavy atom. The SMILES string of the molecule is Cc1c(Cl)cc(F)c(-n2c(=O)cc(C(F)(F)F)n(C)c2=O)c1[N+](=O)[O-]. The van der Waals surface area contributed by atoms with Gasteiger partial charge in [0.2, 0.25) is 0 Å². The second-order valence-electron chi connectivity index (χ2n) is 4.96. The maximum atomic E-state index is 14.2. The average molecular weight is 382 g/mol. The van der Waals surface area contributed by atoms with Crippen LogP contribution in [0.3, 0.4) is 0 Å². The first-order chi connectivity index (χ1) is 11.4. The molecular formula is C13H8ClF4N3O4. The minimum atomic E-state index is -5.02. The van der Waals surface area contributed by atoms with Gasteiger partial charge in [-0.2, -0.15) is 13.2 Å². The summed E-state index contributed by atoms with van der Waals surface area (Å²) in [4.78, 5) is 34.3. The molecule has 0 saturated heterocycles. The van der Waals surface area contributed by atoms with Gasteiger partial charge in [-0.1, -0.05) is 11.6 Å². The Morgan fingerprint density at radius 3 is 2.28 bits per heavy atom. The minimum Gasteiger partial charge on any atom is -0.292 e. The van der Waals surface area contributed by atoms with Crippen molar-refractivity contribution in [2.75, 3.05) is 0 Å². The number of aromatic nitrogens is 2. The number of halogens is 5. The summed E-state index contributed by atoms with van der Waals surface area (Å²) in [5, 5.41) is 10.9. The van der Waals surface area contributed by atoms with E-state index in [0.717, 1.165) is 6.92 Å². The molecule has 0 radical (unpaired) electrons. The van der Waals surface area contributed by atoms with E-state index < -0.39 is 45.2 Å². The van der Waals surface area contributed by atoms with Crippen molar-refractivity contribution in [2.24, 2.45) is 7.05 Å². The normalized spacial score (nSPS) is 11.6. The van der Waals surface area contributed by atoms with E-state index in [2.05, 4.69) is 0 Å². The van der Waals surface area contributed by atoms with E-state index in [9.17, 15) is 37.3 Å². The maximum absolute atomic E-state index is 14.2. The molecule has 0 aliphatic heterocycles. The van der Waals surface area contributed by atoms with Crippen molar-refractivity contribution in [3.8, 4) is 5.69 Å². The molecular weight excluding hydrogens is 374 g/mol. The van der Waals surface area contributed by atoms with Gasteiger partial charge >= 0.3 is 17.6 Å². The second kappa shape index (κ2) is 5.99. The van der Waals surface area contributed by atoms with Gasteiger partial charge in [-0.15, -0.1) is 0 Å². The molecule has 12 heteroatoms. The predicted molar refractivity (Wildman–Crippen MR) is 78.6 cm³/mol. The lowest BCUT2D eigenvalue weighted by Gasteiger charge is -2.15. The highest BCUT2D eigenvalue weighted by Gasteiger charge is 2.36. The third kappa shape index (κ3) is 3.02. The molecule has 134 valence electrons. The molecule has 2 rings (SSSR count). The molecule has 2 aromatic rings. The topological polar surface area (TPSA) is 87.1 Å². The summed E-state index contributed by atoms with van der Waals surface area (Å²) >= 11 is 5.65. The Kier molecular flexibility index (Phi) is 4.47. The number of benzene rings is 1. The molecule has 1 heterocycles. The largest absolute Gasteiger partial charge is 0.431 e. The molecule has 0 unspecified atom stereocenters. The van der Waals surface area contributed by atoms with E-state index in [1.54, 1.807) is 0 Å². The highest BCUT2D eigenvalue weighted by atomic mass is 35.5. The molecule has 0 saturated carbocycles. The molecule has 0 N–H and O–H groups in total. The van der Waals surface area contributed by atoms with Crippen LogP contribution < -0.4 is 11.2 Å². The van der Waals surface area contributed by atoms with Gasteiger partial charge in [0.15, 0.2) is 11.5 Å². The summed E-state index contributed by atoms with van der Waals surface area (Å²) in [6, 6.07) is 0.678. The summed E-state index contributed by atoms with van der Waals surface area (Å²) in [5.41, 5.74) is -7.07. The molecule has 25 heavy (non-hydrogen) atoms. The number of alkyl halides is 3. The van der Waals surface area contributed by atoms with Crippen LogP contribution in [-0.4, -0.2) is 14.1 Å². The van der Waals surface area contributed by atoms with Gasteiger partial charge in [0, 0.05) is 18.7 Å². The number of nitro groups is 1. The fourth-order valence-electron chi connectivity index (χ4n) is 2.23. The van der Waals surface area contributed by atoms with Gasteiger partial charge in [0.1, 0.15) is 5.69 Å². The third-order valence-corrected chi connectivity index (χ3v) is 3.83. The number of nitro benzene ring substituents is 1. The lowest BCUT2D eigenvalue weighted by Crippen LogP contribution is -2.41. The summed E-state index contributed by atoms with van der Waals surface area (Å²) in [6.07, 6.45) is -5.02. The van der Waals surface area contributed by atoms with Crippen LogP contribution in [0.2, 0.25) is 5.02 Å². The van der Waals surface area contributed by atoms with Crippen LogP contribution in [0.25, 0.3) is 5.69 Å². The maximum Gasteiger partial charge on any atom is 0.431 e. The Morgan fingerprint density at radius 2 is 1.80 bits per heavy atom. The first kappa shape index (κ1) is 18.6. The minimum absolute atomic E-state index is 0.0357. The molecule has 0 spiro atoms. The van der Waals surface area contributed by atoms with Crippen LogP contribution >= 0.6 is 11.6 Å².